The second kappa shape index (κ2) is 12.5. The molecule has 25 heavy (non-hydrogen) atoms. The number of nitrogens with one attached hydrogen (secondary N) is 1. The summed E-state index contributed by atoms with van der Waals surface area (Å²) in [4.78, 5) is 0. The first kappa shape index (κ1) is 19.4. The maximum Gasteiger partial charge on any atom is 0.119 e. The molecule has 0 atom stereocenters. The fraction of sp³-hybridized carbons (Fsp3) is 0.429. The highest BCUT2D eigenvalue weighted by atomic mass is 16.5. The zero-order chi connectivity index (χ0) is 17.6. The third-order valence-corrected chi connectivity index (χ3v) is 4.00. The van der Waals surface area contributed by atoms with E-state index in [4.69, 9.17) is 15.3 Å². The Bertz CT molecular complexity index is 575. The van der Waals surface area contributed by atoms with Crippen molar-refractivity contribution in [3.63, 3.8) is 0 Å². The van der Waals surface area contributed by atoms with Gasteiger partial charge in [0.05, 0.1) is 13.2 Å². The van der Waals surface area contributed by atoms with Gasteiger partial charge < -0.3 is 9.47 Å². The van der Waals surface area contributed by atoms with Crippen molar-refractivity contribution < 1.29 is 9.47 Å². The molecule has 2 rings (SSSR count). The summed E-state index contributed by atoms with van der Waals surface area (Å²) in [5.74, 6) is 6.25. The van der Waals surface area contributed by atoms with Crippen LogP contribution in [-0.2, 0) is 17.8 Å². The van der Waals surface area contributed by atoms with Crippen LogP contribution in [-0.4, -0.2) is 19.8 Å². The first-order chi connectivity index (χ1) is 12.4. The third-order valence-electron chi connectivity index (χ3n) is 4.00. The van der Waals surface area contributed by atoms with Crippen molar-refractivity contribution in [2.24, 2.45) is 5.84 Å². The van der Waals surface area contributed by atoms with Crippen LogP contribution in [0.15, 0.2) is 54.6 Å². The van der Waals surface area contributed by atoms with E-state index in [1.807, 2.05) is 24.3 Å². The Labute approximate surface area is 151 Å². The van der Waals surface area contributed by atoms with Gasteiger partial charge in [-0.15, -0.1) is 0 Å². The summed E-state index contributed by atoms with van der Waals surface area (Å²) < 4.78 is 11.5. The van der Waals surface area contributed by atoms with Gasteiger partial charge in [-0.25, -0.2) is 0 Å². The molecule has 0 aliphatic carbocycles. The molecule has 0 saturated carbocycles. The number of ether oxygens (including phenoxy) is 2. The molecule has 0 amide bonds. The van der Waals surface area contributed by atoms with Gasteiger partial charge in [0.25, 0.3) is 0 Å². The van der Waals surface area contributed by atoms with Gasteiger partial charge in [0.2, 0.25) is 0 Å². The zero-order valence-corrected chi connectivity index (χ0v) is 15.0. The maximum absolute atomic E-state index is 5.85. The molecule has 0 aromatic heterocycles. The first-order valence-electron chi connectivity index (χ1n) is 9.15. The van der Waals surface area contributed by atoms with Gasteiger partial charge in [0.15, 0.2) is 0 Å². The minimum atomic E-state index is 0.698. The van der Waals surface area contributed by atoms with Crippen LogP contribution in [0.5, 0.6) is 5.75 Å². The van der Waals surface area contributed by atoms with Crippen LogP contribution in [0.4, 0.5) is 0 Å². The lowest BCUT2D eigenvalue weighted by Crippen LogP contribution is -2.23. The van der Waals surface area contributed by atoms with Gasteiger partial charge in [-0.05, 0) is 55.4 Å². The molecule has 0 aliphatic rings. The summed E-state index contributed by atoms with van der Waals surface area (Å²) in [5, 5.41) is 0. The lowest BCUT2D eigenvalue weighted by molar-refractivity contribution is 0.116. The minimum Gasteiger partial charge on any atom is -0.494 e. The molecule has 0 unspecified atom stereocenters. The Kier molecular flexibility index (Phi) is 9.71. The van der Waals surface area contributed by atoms with E-state index < -0.39 is 0 Å². The minimum absolute atomic E-state index is 0.698. The molecule has 0 aliphatic heterocycles. The van der Waals surface area contributed by atoms with E-state index in [1.54, 1.807) is 0 Å². The van der Waals surface area contributed by atoms with Crippen molar-refractivity contribution in [3.05, 3.63) is 65.7 Å². The SMILES string of the molecule is NNCCCc1cccc(OCCCCCOCc2ccccc2)c1. The second-order valence-corrected chi connectivity index (χ2v) is 6.15. The molecule has 0 radical (unpaired) electrons. The summed E-state index contributed by atoms with van der Waals surface area (Å²) in [7, 11) is 0. The van der Waals surface area contributed by atoms with Gasteiger partial charge in [0, 0.05) is 13.2 Å². The van der Waals surface area contributed by atoms with Crippen LogP contribution in [0.2, 0.25) is 0 Å². The smallest absolute Gasteiger partial charge is 0.119 e. The largest absolute Gasteiger partial charge is 0.494 e. The normalized spacial score (nSPS) is 10.8. The monoisotopic (exact) mass is 342 g/mol. The summed E-state index contributed by atoms with van der Waals surface area (Å²) >= 11 is 0. The van der Waals surface area contributed by atoms with Crippen molar-refractivity contribution >= 4 is 0 Å². The molecule has 0 bridgehead atoms. The number of nitrogens with two attached hydrogens (primary N) is 1. The van der Waals surface area contributed by atoms with E-state index in [0.717, 1.165) is 57.6 Å². The number of hydrogen-bond donors (Lipinski definition) is 2. The van der Waals surface area contributed by atoms with E-state index in [0.29, 0.717) is 6.61 Å². The molecular weight excluding hydrogens is 312 g/mol. The molecule has 0 fully saturated rings. The summed E-state index contributed by atoms with van der Waals surface area (Å²) in [5.41, 5.74) is 5.21. The predicted molar refractivity (Wildman–Crippen MR) is 102 cm³/mol. The maximum atomic E-state index is 5.85. The Morgan fingerprint density at radius 1 is 0.800 bits per heavy atom. The highest BCUT2D eigenvalue weighted by Crippen LogP contribution is 2.15. The van der Waals surface area contributed by atoms with E-state index in [9.17, 15) is 0 Å². The van der Waals surface area contributed by atoms with E-state index >= 15 is 0 Å². The fourth-order valence-corrected chi connectivity index (χ4v) is 2.62. The first-order valence-corrected chi connectivity index (χ1v) is 9.15. The number of aryl methyl sites for hydroxylation is 1. The van der Waals surface area contributed by atoms with E-state index in [1.165, 1.54) is 11.1 Å². The Hall–Kier alpha value is -1.88. The molecule has 2 aromatic rings. The lowest BCUT2D eigenvalue weighted by Gasteiger charge is -2.08. The Morgan fingerprint density at radius 3 is 2.44 bits per heavy atom. The number of benzene rings is 2. The quantitative estimate of drug-likeness (QED) is 0.330. The summed E-state index contributed by atoms with van der Waals surface area (Å²) in [6, 6.07) is 18.6. The molecule has 0 saturated heterocycles. The highest BCUT2D eigenvalue weighted by molar-refractivity contribution is 5.28. The van der Waals surface area contributed by atoms with Crippen LogP contribution in [0.1, 0.15) is 36.8 Å². The van der Waals surface area contributed by atoms with Gasteiger partial charge in [-0.1, -0.05) is 42.5 Å². The lowest BCUT2D eigenvalue weighted by atomic mass is 10.1. The summed E-state index contributed by atoms with van der Waals surface area (Å²) in [6.07, 6.45) is 5.29. The van der Waals surface area contributed by atoms with Gasteiger partial charge in [0.1, 0.15) is 5.75 Å². The Morgan fingerprint density at radius 2 is 1.60 bits per heavy atom. The van der Waals surface area contributed by atoms with Crippen LogP contribution in [0.25, 0.3) is 0 Å². The van der Waals surface area contributed by atoms with Gasteiger partial charge >= 0.3 is 0 Å². The average molecular weight is 342 g/mol. The molecule has 2 aromatic carbocycles. The van der Waals surface area contributed by atoms with Gasteiger partial charge in [-0.2, -0.15) is 0 Å². The second-order valence-electron chi connectivity index (χ2n) is 6.15. The van der Waals surface area contributed by atoms with Crippen LogP contribution in [0.3, 0.4) is 0 Å². The van der Waals surface area contributed by atoms with Crippen LogP contribution >= 0.6 is 0 Å². The van der Waals surface area contributed by atoms with Crippen molar-refractivity contribution in [1.82, 2.24) is 5.43 Å². The fourth-order valence-electron chi connectivity index (χ4n) is 2.62. The standard InChI is InChI=1S/C21H30N2O2/c22-23-14-8-12-19-11-7-13-21(17-19)25-16-6-2-5-15-24-18-20-9-3-1-4-10-20/h1,3-4,7,9-11,13,17,23H,2,5-6,8,12,14-16,18,22H2. The zero-order valence-electron chi connectivity index (χ0n) is 15.0. The number of unbranched alkanes of at least 4 members (excludes halogenated alkanes) is 2. The molecule has 0 spiro atoms. The number of rotatable bonds is 13. The highest BCUT2D eigenvalue weighted by Gasteiger charge is 1.98. The van der Waals surface area contributed by atoms with Crippen molar-refractivity contribution in [1.29, 1.82) is 0 Å². The van der Waals surface area contributed by atoms with E-state index in [2.05, 4.69) is 35.8 Å². The van der Waals surface area contributed by atoms with Crippen molar-refractivity contribution in [3.8, 4) is 5.75 Å². The molecular formula is C21H30N2O2. The topological polar surface area (TPSA) is 56.5 Å². The number of hydrazine groups is 1. The molecule has 0 heterocycles. The molecule has 4 heteroatoms. The molecule has 3 N–H and O–H groups in total. The van der Waals surface area contributed by atoms with E-state index in [-0.39, 0.29) is 0 Å². The predicted octanol–water partition coefficient (Wildman–Crippen LogP) is 3.85. The average Bonchev–Trinajstić information content (AvgIpc) is 2.65. The summed E-state index contributed by atoms with van der Waals surface area (Å²) in [6.45, 7) is 3.09. The Balaban J connectivity index is 1.50. The van der Waals surface area contributed by atoms with Crippen molar-refractivity contribution in [2.45, 2.75) is 38.7 Å². The third kappa shape index (κ3) is 8.68. The van der Waals surface area contributed by atoms with Crippen LogP contribution in [0, 0.1) is 0 Å². The number of hydrogen-bond acceptors (Lipinski definition) is 4. The van der Waals surface area contributed by atoms with Crippen molar-refractivity contribution in [2.75, 3.05) is 19.8 Å². The molecule has 4 nitrogen and oxygen atoms in total. The van der Waals surface area contributed by atoms with Gasteiger partial charge in [-0.3, -0.25) is 11.3 Å². The van der Waals surface area contributed by atoms with Crippen LogP contribution < -0.4 is 16.0 Å². The molecule has 136 valence electrons.